The number of nitrogens with zero attached hydrogens (tertiary/aromatic N) is 1. The first-order chi connectivity index (χ1) is 16.0. The van der Waals surface area contributed by atoms with Crippen molar-refractivity contribution in [2.45, 2.75) is 31.4 Å². The molecule has 6 heteroatoms. The van der Waals surface area contributed by atoms with Crippen LogP contribution in [-0.4, -0.2) is 30.3 Å². The van der Waals surface area contributed by atoms with Crippen LogP contribution in [0.3, 0.4) is 0 Å². The molecule has 0 saturated carbocycles. The number of rotatable bonds is 8. The van der Waals surface area contributed by atoms with E-state index in [0.29, 0.717) is 24.4 Å². The van der Waals surface area contributed by atoms with Gasteiger partial charge in [0.15, 0.2) is 5.75 Å². The van der Waals surface area contributed by atoms with Crippen LogP contribution in [0.1, 0.15) is 41.1 Å². The number of carbonyl (C=O) groups is 1. The molecule has 168 valence electrons. The van der Waals surface area contributed by atoms with Crippen LogP contribution in [0.2, 0.25) is 0 Å². The number of anilines is 1. The van der Waals surface area contributed by atoms with Gasteiger partial charge in [0.25, 0.3) is 0 Å². The van der Waals surface area contributed by atoms with Gasteiger partial charge in [-0.25, -0.2) is 0 Å². The van der Waals surface area contributed by atoms with Crippen molar-refractivity contribution in [1.29, 1.82) is 5.26 Å². The number of hydrogen-bond donors (Lipinski definition) is 3. The van der Waals surface area contributed by atoms with Crippen LogP contribution in [-0.2, 0) is 11.2 Å². The van der Waals surface area contributed by atoms with Crippen molar-refractivity contribution in [3.05, 3.63) is 95.1 Å². The zero-order chi connectivity index (χ0) is 23.2. The van der Waals surface area contributed by atoms with E-state index in [1.807, 2.05) is 54.6 Å². The number of para-hydroxylation sites is 1. The Labute approximate surface area is 193 Å². The second kappa shape index (κ2) is 10.2. The number of carboxylic acids is 1. The zero-order valence-electron chi connectivity index (χ0n) is 18.5. The van der Waals surface area contributed by atoms with Crippen LogP contribution in [0.5, 0.6) is 5.75 Å². The summed E-state index contributed by atoms with van der Waals surface area (Å²) in [5, 5.41) is 25.6. The Morgan fingerprint density at radius 2 is 1.88 bits per heavy atom. The van der Waals surface area contributed by atoms with Crippen LogP contribution in [0.15, 0.2) is 72.8 Å². The predicted octanol–water partition coefficient (Wildman–Crippen LogP) is 4.49. The summed E-state index contributed by atoms with van der Waals surface area (Å²) in [7, 11) is 0. The topological polar surface area (TPSA) is 94.4 Å². The molecule has 0 unspecified atom stereocenters. The van der Waals surface area contributed by atoms with Gasteiger partial charge in [-0.15, -0.1) is 0 Å². The van der Waals surface area contributed by atoms with Gasteiger partial charge >= 0.3 is 5.97 Å². The van der Waals surface area contributed by atoms with E-state index < -0.39 is 5.97 Å². The summed E-state index contributed by atoms with van der Waals surface area (Å²) in [5.41, 5.74) is 4.41. The lowest BCUT2D eigenvalue weighted by atomic mass is 9.96. The molecule has 0 spiro atoms. The molecule has 6 nitrogen and oxygen atoms in total. The second-order valence-corrected chi connectivity index (χ2v) is 8.34. The maximum atomic E-state index is 10.9. The lowest BCUT2D eigenvalue weighted by Gasteiger charge is -2.34. The van der Waals surface area contributed by atoms with Crippen LogP contribution < -0.4 is 15.4 Å². The summed E-state index contributed by atoms with van der Waals surface area (Å²) in [5.74, 6) is -0.0139. The maximum Gasteiger partial charge on any atom is 0.307 e. The van der Waals surface area contributed by atoms with Crippen molar-refractivity contribution in [2.24, 2.45) is 0 Å². The Kier molecular flexibility index (Phi) is 6.92. The molecule has 0 bridgehead atoms. The molecule has 0 saturated heterocycles. The van der Waals surface area contributed by atoms with E-state index in [1.54, 1.807) is 6.07 Å². The van der Waals surface area contributed by atoms with Gasteiger partial charge in [-0.1, -0.05) is 67.6 Å². The fourth-order valence-electron chi connectivity index (χ4n) is 4.17. The van der Waals surface area contributed by atoms with Gasteiger partial charge < -0.3 is 20.5 Å². The first-order valence-electron chi connectivity index (χ1n) is 11.1. The Balaban J connectivity index is 1.50. The highest BCUT2D eigenvalue weighted by molar-refractivity contribution is 5.70. The van der Waals surface area contributed by atoms with E-state index in [9.17, 15) is 10.1 Å². The van der Waals surface area contributed by atoms with Gasteiger partial charge in [-0.2, -0.15) is 5.26 Å². The maximum absolute atomic E-state index is 10.9. The zero-order valence-corrected chi connectivity index (χ0v) is 18.5. The van der Waals surface area contributed by atoms with Crippen molar-refractivity contribution in [3.8, 4) is 11.8 Å². The summed E-state index contributed by atoms with van der Waals surface area (Å²) >= 11 is 0. The number of nitrogens with one attached hydrogen (secondary N) is 2. The summed E-state index contributed by atoms with van der Waals surface area (Å²) in [6, 6.07) is 25.6. The molecule has 3 atom stereocenters. The number of benzene rings is 3. The van der Waals surface area contributed by atoms with Gasteiger partial charge in [0.05, 0.1) is 30.3 Å². The summed E-state index contributed by atoms with van der Waals surface area (Å²) in [4.78, 5) is 10.9. The SMILES string of the molecule is C[C@@H](CN[C@H](c1ccccc1)[C@H]1CNc2cccc(C#N)c2O1)c1ccc(CC(=O)O)cc1. The van der Waals surface area contributed by atoms with Crippen molar-refractivity contribution >= 4 is 11.7 Å². The molecule has 33 heavy (non-hydrogen) atoms. The third-order valence-electron chi connectivity index (χ3n) is 5.98. The van der Waals surface area contributed by atoms with Gasteiger partial charge in [0.2, 0.25) is 0 Å². The van der Waals surface area contributed by atoms with Gasteiger partial charge in [0, 0.05) is 6.54 Å². The molecule has 1 heterocycles. The fourth-order valence-corrected chi connectivity index (χ4v) is 4.17. The highest BCUT2D eigenvalue weighted by Crippen LogP contribution is 2.35. The molecule has 1 aliphatic rings. The first kappa shape index (κ1) is 22.4. The Hall–Kier alpha value is -3.82. The highest BCUT2D eigenvalue weighted by atomic mass is 16.5. The third kappa shape index (κ3) is 5.33. The molecule has 0 fully saturated rings. The van der Waals surface area contributed by atoms with Crippen molar-refractivity contribution < 1.29 is 14.6 Å². The van der Waals surface area contributed by atoms with Crippen LogP contribution in [0.25, 0.3) is 0 Å². The molecule has 3 N–H and O–H groups in total. The quantitative estimate of drug-likeness (QED) is 0.477. The van der Waals surface area contributed by atoms with E-state index in [1.165, 1.54) is 0 Å². The lowest BCUT2D eigenvalue weighted by Crippen LogP contribution is -2.43. The number of fused-ring (bicyclic) bond motifs is 1. The van der Waals surface area contributed by atoms with Gasteiger partial charge in [-0.3, -0.25) is 4.79 Å². The number of ether oxygens (including phenoxy) is 1. The molecule has 0 aromatic heterocycles. The summed E-state index contributed by atoms with van der Waals surface area (Å²) in [6.45, 7) is 3.47. The number of hydrogen-bond acceptors (Lipinski definition) is 5. The first-order valence-corrected chi connectivity index (χ1v) is 11.1. The minimum atomic E-state index is -0.828. The average molecular weight is 442 g/mol. The molecule has 1 aliphatic heterocycles. The molecule has 3 aromatic rings. The van der Waals surface area contributed by atoms with E-state index in [-0.39, 0.29) is 24.5 Å². The summed E-state index contributed by atoms with van der Waals surface area (Å²) in [6.07, 6.45) is -0.166. The van der Waals surface area contributed by atoms with Gasteiger partial charge in [0.1, 0.15) is 12.2 Å². The van der Waals surface area contributed by atoms with E-state index in [0.717, 1.165) is 22.4 Å². The summed E-state index contributed by atoms with van der Waals surface area (Å²) < 4.78 is 6.36. The molecule has 4 rings (SSSR count). The molecule has 0 radical (unpaired) electrons. The molecular formula is C27H27N3O3. The Morgan fingerprint density at radius 3 is 2.58 bits per heavy atom. The van der Waals surface area contributed by atoms with E-state index >= 15 is 0 Å². The number of nitriles is 1. The smallest absolute Gasteiger partial charge is 0.307 e. The lowest BCUT2D eigenvalue weighted by molar-refractivity contribution is -0.136. The van der Waals surface area contributed by atoms with Crippen LogP contribution >= 0.6 is 0 Å². The minimum absolute atomic E-state index is 0.0289. The van der Waals surface area contributed by atoms with Gasteiger partial charge in [-0.05, 0) is 34.7 Å². The second-order valence-electron chi connectivity index (χ2n) is 8.34. The van der Waals surface area contributed by atoms with E-state index in [4.69, 9.17) is 9.84 Å². The van der Waals surface area contributed by atoms with Crippen LogP contribution in [0.4, 0.5) is 5.69 Å². The number of aliphatic carboxylic acids is 1. The molecule has 0 aliphatic carbocycles. The van der Waals surface area contributed by atoms with Crippen molar-refractivity contribution in [3.63, 3.8) is 0 Å². The molecule has 0 amide bonds. The largest absolute Gasteiger partial charge is 0.483 e. The average Bonchev–Trinajstić information content (AvgIpc) is 2.84. The number of carboxylic acid groups (broad SMARTS) is 1. The normalized spacial score (nSPS) is 16.4. The van der Waals surface area contributed by atoms with E-state index in [2.05, 4.69) is 35.8 Å². The standard InChI is InChI=1S/C27H27N3O3/c1-18(20-12-10-19(11-13-20)14-25(31)32)16-30-26(21-6-3-2-4-7-21)24-17-29-23-9-5-8-22(15-28)27(23)33-24/h2-13,18,24,26,29-30H,14,16-17H2,1H3,(H,31,32)/t18-,24+,26+/m0/s1. The minimum Gasteiger partial charge on any atom is -0.483 e. The predicted molar refractivity (Wildman–Crippen MR) is 127 cm³/mol. The monoisotopic (exact) mass is 441 g/mol. The van der Waals surface area contributed by atoms with Crippen molar-refractivity contribution in [2.75, 3.05) is 18.4 Å². The fraction of sp³-hybridized carbons (Fsp3) is 0.259. The van der Waals surface area contributed by atoms with Crippen LogP contribution in [0, 0.1) is 11.3 Å². The van der Waals surface area contributed by atoms with Crippen molar-refractivity contribution in [1.82, 2.24) is 5.32 Å². The Morgan fingerprint density at radius 1 is 1.12 bits per heavy atom. The molecular weight excluding hydrogens is 414 g/mol. The highest BCUT2D eigenvalue weighted by Gasteiger charge is 2.30. The third-order valence-corrected chi connectivity index (χ3v) is 5.98. The Bertz CT molecular complexity index is 1140. The molecule has 3 aromatic carbocycles.